The minimum atomic E-state index is -0.109. The number of likely N-dealkylation sites (N-methyl/N-ethyl adjacent to an activating group) is 1. The van der Waals surface area contributed by atoms with E-state index in [9.17, 15) is 9.59 Å². The number of nitrogens with one attached hydrogen (secondary N) is 1. The number of nitrogens with zero attached hydrogens (tertiary/aromatic N) is 1. The van der Waals surface area contributed by atoms with Crippen molar-refractivity contribution in [3.63, 3.8) is 0 Å². The molecule has 2 rings (SSSR count). The van der Waals surface area contributed by atoms with Gasteiger partial charge in [0.15, 0.2) is 0 Å². The van der Waals surface area contributed by atoms with Crippen LogP contribution in [0.25, 0.3) is 5.57 Å². The molecule has 4 nitrogen and oxygen atoms in total. The third-order valence-corrected chi connectivity index (χ3v) is 4.21. The Labute approximate surface area is 160 Å². The summed E-state index contributed by atoms with van der Waals surface area (Å²) >= 11 is 0. The Balaban J connectivity index is 2.42. The summed E-state index contributed by atoms with van der Waals surface area (Å²) in [7, 11) is 1.76. The molecule has 0 atom stereocenters. The highest BCUT2D eigenvalue weighted by Gasteiger charge is 2.13. The molecule has 2 aromatic rings. The molecule has 138 valence electrons. The molecule has 2 aromatic carbocycles. The molecule has 0 aliphatic heterocycles. The second kappa shape index (κ2) is 9.92. The summed E-state index contributed by atoms with van der Waals surface area (Å²) in [6.45, 7) is 3.96. The SMILES string of the molecule is CC(=C/C=C/NC=O)/C(=C/C(=O)N(C)c1ccccc1)c1ccccc1C. The summed E-state index contributed by atoms with van der Waals surface area (Å²) in [6.07, 6.45) is 7.41. The maximum Gasteiger partial charge on any atom is 0.251 e. The largest absolute Gasteiger partial charge is 0.335 e. The van der Waals surface area contributed by atoms with Crippen LogP contribution in [-0.4, -0.2) is 19.4 Å². The summed E-state index contributed by atoms with van der Waals surface area (Å²) in [6, 6.07) is 17.5. The third-order valence-electron chi connectivity index (χ3n) is 4.21. The summed E-state index contributed by atoms with van der Waals surface area (Å²) in [5, 5.41) is 2.47. The minimum absolute atomic E-state index is 0.109. The molecule has 0 heterocycles. The van der Waals surface area contributed by atoms with E-state index < -0.39 is 0 Å². The number of carbonyl (C=O) groups is 2. The molecule has 0 aliphatic rings. The third kappa shape index (κ3) is 5.54. The van der Waals surface area contributed by atoms with Crippen molar-refractivity contribution in [3.8, 4) is 0 Å². The average molecular weight is 360 g/mol. The number of hydrogen-bond donors (Lipinski definition) is 1. The van der Waals surface area contributed by atoms with Crippen LogP contribution in [0, 0.1) is 6.92 Å². The van der Waals surface area contributed by atoms with Gasteiger partial charge in [-0.1, -0.05) is 48.5 Å². The maximum atomic E-state index is 12.9. The topological polar surface area (TPSA) is 49.4 Å². The van der Waals surface area contributed by atoms with Crippen molar-refractivity contribution in [3.05, 3.63) is 95.7 Å². The molecule has 0 saturated carbocycles. The van der Waals surface area contributed by atoms with Crippen LogP contribution in [0.15, 0.2) is 84.6 Å². The number of aryl methyl sites for hydroxylation is 1. The minimum Gasteiger partial charge on any atom is -0.335 e. The van der Waals surface area contributed by atoms with Crippen molar-refractivity contribution < 1.29 is 9.59 Å². The summed E-state index contributed by atoms with van der Waals surface area (Å²) in [5.41, 5.74) is 4.68. The lowest BCUT2D eigenvalue weighted by Crippen LogP contribution is -2.24. The van der Waals surface area contributed by atoms with E-state index in [1.807, 2.05) is 74.5 Å². The monoisotopic (exact) mass is 360 g/mol. The fourth-order valence-electron chi connectivity index (χ4n) is 2.66. The first-order valence-electron chi connectivity index (χ1n) is 8.68. The Hall–Kier alpha value is -3.40. The van der Waals surface area contributed by atoms with Gasteiger partial charge < -0.3 is 10.2 Å². The summed E-state index contributed by atoms with van der Waals surface area (Å²) in [4.78, 5) is 24.8. The Morgan fingerprint density at radius 2 is 1.70 bits per heavy atom. The van der Waals surface area contributed by atoms with Crippen molar-refractivity contribution >= 4 is 23.6 Å². The van der Waals surface area contributed by atoms with Gasteiger partial charge in [-0.2, -0.15) is 0 Å². The molecule has 0 unspecified atom stereocenters. The van der Waals surface area contributed by atoms with Crippen LogP contribution in [0.5, 0.6) is 0 Å². The van der Waals surface area contributed by atoms with Gasteiger partial charge in [0.2, 0.25) is 6.41 Å². The molecule has 0 bridgehead atoms. The van der Waals surface area contributed by atoms with Crippen LogP contribution in [0.3, 0.4) is 0 Å². The molecule has 1 N–H and O–H groups in total. The fourth-order valence-corrected chi connectivity index (χ4v) is 2.66. The zero-order chi connectivity index (χ0) is 19.6. The van der Waals surface area contributed by atoms with E-state index in [1.54, 1.807) is 30.3 Å². The first-order valence-corrected chi connectivity index (χ1v) is 8.68. The highest BCUT2D eigenvalue weighted by Crippen LogP contribution is 2.26. The smallest absolute Gasteiger partial charge is 0.251 e. The van der Waals surface area contributed by atoms with Crippen molar-refractivity contribution in [2.24, 2.45) is 0 Å². The van der Waals surface area contributed by atoms with E-state index in [2.05, 4.69) is 5.32 Å². The number of carbonyl (C=O) groups excluding carboxylic acids is 2. The highest BCUT2D eigenvalue weighted by molar-refractivity contribution is 6.07. The van der Waals surface area contributed by atoms with Gasteiger partial charge in [-0.3, -0.25) is 9.59 Å². The number of benzene rings is 2. The number of anilines is 1. The molecular weight excluding hydrogens is 336 g/mol. The number of amides is 2. The summed E-state index contributed by atoms with van der Waals surface area (Å²) < 4.78 is 0. The predicted molar refractivity (Wildman–Crippen MR) is 111 cm³/mol. The standard InChI is InChI=1S/C23H24N2O2/c1-18-10-7-8-14-21(18)22(19(2)11-9-15-24-17-26)16-23(27)25(3)20-12-5-4-6-13-20/h4-17H,1-3H3,(H,24,26)/b15-9+,19-11-,22-16-. The molecule has 0 spiro atoms. The lowest BCUT2D eigenvalue weighted by atomic mass is 9.94. The van der Waals surface area contributed by atoms with E-state index in [0.717, 1.165) is 28.0 Å². The zero-order valence-electron chi connectivity index (χ0n) is 15.8. The number of hydrogen-bond acceptors (Lipinski definition) is 2. The molecule has 4 heteroatoms. The van der Waals surface area contributed by atoms with Crippen LogP contribution in [0.2, 0.25) is 0 Å². The number of para-hydroxylation sites is 1. The Bertz CT molecular complexity index is 880. The molecule has 0 aliphatic carbocycles. The van der Waals surface area contributed by atoms with Gasteiger partial charge in [-0.15, -0.1) is 0 Å². The predicted octanol–water partition coefficient (Wildman–Crippen LogP) is 4.25. The highest BCUT2D eigenvalue weighted by atomic mass is 16.2. The molecule has 0 fully saturated rings. The van der Waals surface area contributed by atoms with Gasteiger partial charge in [-0.25, -0.2) is 0 Å². The lowest BCUT2D eigenvalue weighted by Gasteiger charge is -2.17. The second-order valence-electron chi connectivity index (χ2n) is 6.10. The van der Waals surface area contributed by atoms with Crippen LogP contribution in [-0.2, 0) is 9.59 Å². The van der Waals surface area contributed by atoms with E-state index in [1.165, 1.54) is 0 Å². The lowest BCUT2D eigenvalue weighted by molar-refractivity contribution is -0.114. The number of allylic oxidation sites excluding steroid dienone is 4. The van der Waals surface area contributed by atoms with Crippen LogP contribution in [0.1, 0.15) is 18.1 Å². The van der Waals surface area contributed by atoms with E-state index >= 15 is 0 Å². The Kier molecular flexibility index (Phi) is 7.32. The first kappa shape index (κ1) is 19.9. The zero-order valence-corrected chi connectivity index (χ0v) is 15.8. The van der Waals surface area contributed by atoms with Gasteiger partial charge in [0.1, 0.15) is 0 Å². The van der Waals surface area contributed by atoms with Crippen LogP contribution < -0.4 is 10.2 Å². The molecule has 0 radical (unpaired) electrons. The molecule has 0 aromatic heterocycles. The van der Waals surface area contributed by atoms with Crippen molar-refractivity contribution in [2.75, 3.05) is 11.9 Å². The Morgan fingerprint density at radius 3 is 2.37 bits per heavy atom. The summed E-state index contributed by atoms with van der Waals surface area (Å²) in [5.74, 6) is -0.109. The van der Waals surface area contributed by atoms with Crippen molar-refractivity contribution in [1.82, 2.24) is 5.32 Å². The molecule has 2 amide bonds. The van der Waals surface area contributed by atoms with Crippen molar-refractivity contribution in [2.45, 2.75) is 13.8 Å². The first-order chi connectivity index (χ1) is 13.0. The number of rotatable bonds is 7. The van der Waals surface area contributed by atoms with E-state index in [4.69, 9.17) is 0 Å². The van der Waals surface area contributed by atoms with Gasteiger partial charge in [0.25, 0.3) is 5.91 Å². The quantitative estimate of drug-likeness (QED) is 0.456. The molecule has 0 saturated heterocycles. The normalized spacial score (nSPS) is 12.1. The average Bonchev–Trinajstić information content (AvgIpc) is 2.70. The van der Waals surface area contributed by atoms with Gasteiger partial charge in [-0.05, 0) is 54.3 Å². The van der Waals surface area contributed by atoms with Crippen molar-refractivity contribution in [1.29, 1.82) is 0 Å². The maximum absolute atomic E-state index is 12.9. The molecule has 27 heavy (non-hydrogen) atoms. The van der Waals surface area contributed by atoms with Crippen LogP contribution in [0.4, 0.5) is 5.69 Å². The fraction of sp³-hybridized carbons (Fsp3) is 0.130. The van der Waals surface area contributed by atoms with E-state index in [0.29, 0.717) is 6.41 Å². The Morgan fingerprint density at radius 1 is 1.04 bits per heavy atom. The van der Waals surface area contributed by atoms with Crippen LogP contribution >= 0.6 is 0 Å². The van der Waals surface area contributed by atoms with E-state index in [-0.39, 0.29) is 5.91 Å². The molecular formula is C23H24N2O2. The van der Waals surface area contributed by atoms with Gasteiger partial charge in [0.05, 0.1) is 0 Å². The van der Waals surface area contributed by atoms with Gasteiger partial charge >= 0.3 is 0 Å². The second-order valence-corrected chi connectivity index (χ2v) is 6.10. The van der Waals surface area contributed by atoms with Gasteiger partial charge in [0, 0.05) is 25.0 Å².